The Morgan fingerprint density at radius 1 is 1.11 bits per heavy atom. The molecule has 2 atom stereocenters. The summed E-state index contributed by atoms with van der Waals surface area (Å²) in [5.74, 6) is 0.845. The Bertz CT molecular complexity index is 562. The Hall–Kier alpha value is -1.84. The molecule has 0 spiro atoms. The number of benzene rings is 2. The van der Waals surface area contributed by atoms with E-state index in [1.807, 2.05) is 36.4 Å². The molecule has 0 bridgehead atoms. The molecule has 0 amide bonds. The zero-order chi connectivity index (χ0) is 13.2. The van der Waals surface area contributed by atoms with Crippen molar-refractivity contribution < 1.29 is 14.6 Å². The maximum Gasteiger partial charge on any atom is 0.118 e. The number of aliphatic hydroxyl groups excluding tert-OH is 1. The van der Waals surface area contributed by atoms with Crippen molar-refractivity contribution in [2.75, 3.05) is 13.7 Å². The van der Waals surface area contributed by atoms with Crippen LogP contribution in [0.1, 0.15) is 11.7 Å². The zero-order valence-corrected chi connectivity index (χ0v) is 10.7. The first-order valence-electron chi connectivity index (χ1n) is 6.32. The zero-order valence-electron chi connectivity index (χ0n) is 10.7. The van der Waals surface area contributed by atoms with E-state index >= 15 is 0 Å². The first-order chi connectivity index (χ1) is 9.28. The molecule has 1 aliphatic heterocycles. The third kappa shape index (κ3) is 2.35. The minimum absolute atomic E-state index is 0.182. The molecule has 0 aliphatic carbocycles. The summed E-state index contributed by atoms with van der Waals surface area (Å²) >= 11 is 0. The molecule has 19 heavy (non-hydrogen) atoms. The molecule has 1 aliphatic rings. The number of methoxy groups -OCH3 is 1. The molecule has 2 unspecified atom stereocenters. The Morgan fingerprint density at radius 2 is 1.89 bits per heavy atom. The van der Waals surface area contributed by atoms with Crippen molar-refractivity contribution in [2.24, 2.45) is 0 Å². The number of hydrogen-bond acceptors (Lipinski definition) is 3. The number of hydrogen-bond donors (Lipinski definition) is 1. The van der Waals surface area contributed by atoms with E-state index in [0.717, 1.165) is 22.4 Å². The molecule has 98 valence electrons. The average Bonchev–Trinajstić information content (AvgIpc) is 2.46. The highest BCUT2D eigenvalue weighted by Crippen LogP contribution is 2.32. The van der Waals surface area contributed by atoms with Crippen molar-refractivity contribution in [3.05, 3.63) is 54.1 Å². The number of aliphatic hydroxyl groups is 1. The summed E-state index contributed by atoms with van der Waals surface area (Å²) in [5.41, 5.74) is 3.26. The van der Waals surface area contributed by atoms with Crippen molar-refractivity contribution >= 4 is 0 Å². The average molecular weight is 256 g/mol. The normalized spacial score (nSPS) is 21.8. The van der Waals surface area contributed by atoms with Crippen LogP contribution in [0.3, 0.4) is 0 Å². The molecule has 0 aromatic heterocycles. The largest absolute Gasteiger partial charge is 0.497 e. The Labute approximate surface area is 112 Å². The first-order valence-corrected chi connectivity index (χ1v) is 6.32. The summed E-state index contributed by atoms with van der Waals surface area (Å²) in [6.45, 7) is 0.428. The fraction of sp³-hybridized carbons (Fsp3) is 0.250. The van der Waals surface area contributed by atoms with Crippen molar-refractivity contribution in [1.82, 2.24) is 0 Å². The van der Waals surface area contributed by atoms with Gasteiger partial charge < -0.3 is 14.6 Å². The lowest BCUT2D eigenvalue weighted by Crippen LogP contribution is -2.37. The van der Waals surface area contributed by atoms with Gasteiger partial charge in [-0.2, -0.15) is 0 Å². The second kappa shape index (κ2) is 5.03. The summed E-state index contributed by atoms with van der Waals surface area (Å²) in [7, 11) is 1.66. The predicted molar refractivity (Wildman–Crippen MR) is 73.1 cm³/mol. The Morgan fingerprint density at radius 3 is 2.47 bits per heavy atom. The number of rotatable bonds is 3. The van der Waals surface area contributed by atoms with Gasteiger partial charge in [0.25, 0.3) is 0 Å². The molecule has 0 saturated carbocycles. The molecule has 1 fully saturated rings. The van der Waals surface area contributed by atoms with Gasteiger partial charge in [-0.15, -0.1) is 0 Å². The van der Waals surface area contributed by atoms with Crippen molar-refractivity contribution in [3.63, 3.8) is 0 Å². The molecule has 3 nitrogen and oxygen atoms in total. The van der Waals surface area contributed by atoms with Crippen LogP contribution in [0.15, 0.2) is 48.5 Å². The predicted octanol–water partition coefficient (Wildman–Crippen LogP) is 2.79. The van der Waals surface area contributed by atoms with Gasteiger partial charge in [0.2, 0.25) is 0 Å². The van der Waals surface area contributed by atoms with Crippen LogP contribution in [0, 0.1) is 0 Å². The second-order valence-corrected chi connectivity index (χ2v) is 4.68. The van der Waals surface area contributed by atoms with E-state index in [-0.39, 0.29) is 12.2 Å². The van der Waals surface area contributed by atoms with Gasteiger partial charge in [-0.3, -0.25) is 0 Å². The van der Waals surface area contributed by atoms with Gasteiger partial charge in [0.15, 0.2) is 0 Å². The lowest BCUT2D eigenvalue weighted by molar-refractivity contribution is -0.165. The van der Waals surface area contributed by atoms with E-state index in [1.54, 1.807) is 7.11 Å². The van der Waals surface area contributed by atoms with E-state index in [1.165, 1.54) is 0 Å². The quantitative estimate of drug-likeness (QED) is 0.917. The van der Waals surface area contributed by atoms with Gasteiger partial charge in [0, 0.05) is 0 Å². The maximum atomic E-state index is 9.65. The van der Waals surface area contributed by atoms with Gasteiger partial charge in [0.1, 0.15) is 18.0 Å². The van der Waals surface area contributed by atoms with Crippen molar-refractivity contribution in [1.29, 1.82) is 0 Å². The molecule has 0 radical (unpaired) electrons. The van der Waals surface area contributed by atoms with E-state index in [0.29, 0.717) is 6.61 Å². The van der Waals surface area contributed by atoms with Gasteiger partial charge in [-0.1, -0.05) is 30.3 Å². The fourth-order valence-corrected chi connectivity index (χ4v) is 2.28. The lowest BCUT2D eigenvalue weighted by Gasteiger charge is -2.33. The summed E-state index contributed by atoms with van der Waals surface area (Å²) in [6, 6.07) is 16.0. The highest BCUT2D eigenvalue weighted by Gasteiger charge is 2.31. The van der Waals surface area contributed by atoms with Crippen LogP contribution < -0.4 is 4.74 Å². The van der Waals surface area contributed by atoms with Gasteiger partial charge in [0.05, 0.1) is 13.7 Å². The summed E-state index contributed by atoms with van der Waals surface area (Å²) in [5, 5.41) is 9.65. The molecular weight excluding hydrogens is 240 g/mol. The smallest absolute Gasteiger partial charge is 0.118 e. The summed E-state index contributed by atoms with van der Waals surface area (Å²) in [6.07, 6.45) is -0.565. The molecule has 2 aromatic carbocycles. The monoisotopic (exact) mass is 256 g/mol. The SMILES string of the molecule is COc1ccc(-c2cccc(C3OCC3O)c2)cc1. The molecular formula is C16H16O3. The molecule has 2 aromatic rings. The van der Waals surface area contributed by atoms with E-state index in [2.05, 4.69) is 12.1 Å². The molecule has 3 rings (SSSR count). The van der Waals surface area contributed by atoms with Crippen LogP contribution in [0.2, 0.25) is 0 Å². The molecule has 1 heterocycles. The number of ether oxygens (including phenoxy) is 2. The topological polar surface area (TPSA) is 38.7 Å². The van der Waals surface area contributed by atoms with Crippen LogP contribution in [0.25, 0.3) is 11.1 Å². The highest BCUT2D eigenvalue weighted by atomic mass is 16.5. The summed E-state index contributed by atoms with van der Waals surface area (Å²) in [4.78, 5) is 0. The van der Waals surface area contributed by atoms with Crippen molar-refractivity contribution in [2.45, 2.75) is 12.2 Å². The third-order valence-electron chi connectivity index (χ3n) is 3.43. The lowest BCUT2D eigenvalue weighted by atomic mass is 9.96. The second-order valence-electron chi connectivity index (χ2n) is 4.68. The van der Waals surface area contributed by atoms with E-state index in [4.69, 9.17) is 9.47 Å². The Kier molecular flexibility index (Phi) is 3.23. The standard InChI is InChI=1S/C16H16O3/c1-18-14-7-5-11(6-8-14)12-3-2-4-13(9-12)16-15(17)10-19-16/h2-9,15-17H,10H2,1H3. The fourth-order valence-electron chi connectivity index (χ4n) is 2.28. The Balaban J connectivity index is 1.89. The van der Waals surface area contributed by atoms with Crippen LogP contribution >= 0.6 is 0 Å². The molecule has 3 heteroatoms. The molecule has 1 N–H and O–H groups in total. The third-order valence-corrected chi connectivity index (χ3v) is 3.43. The van der Waals surface area contributed by atoms with E-state index in [9.17, 15) is 5.11 Å². The van der Waals surface area contributed by atoms with Crippen molar-refractivity contribution in [3.8, 4) is 16.9 Å². The first kappa shape index (κ1) is 12.2. The van der Waals surface area contributed by atoms with Gasteiger partial charge >= 0.3 is 0 Å². The highest BCUT2D eigenvalue weighted by molar-refractivity contribution is 5.65. The van der Waals surface area contributed by atoms with Gasteiger partial charge in [-0.05, 0) is 34.9 Å². The van der Waals surface area contributed by atoms with Gasteiger partial charge in [-0.25, -0.2) is 0 Å². The van der Waals surface area contributed by atoms with E-state index < -0.39 is 0 Å². The maximum absolute atomic E-state index is 9.65. The van der Waals surface area contributed by atoms with Crippen LogP contribution in [0.4, 0.5) is 0 Å². The minimum Gasteiger partial charge on any atom is -0.497 e. The summed E-state index contributed by atoms with van der Waals surface area (Å²) < 4.78 is 10.5. The van der Waals surface area contributed by atoms with Crippen LogP contribution in [-0.2, 0) is 4.74 Å². The van der Waals surface area contributed by atoms with Crippen LogP contribution in [-0.4, -0.2) is 24.9 Å². The molecule has 1 saturated heterocycles. The minimum atomic E-state index is -0.383. The van der Waals surface area contributed by atoms with Crippen LogP contribution in [0.5, 0.6) is 5.75 Å².